The van der Waals surface area contributed by atoms with E-state index in [1.54, 1.807) is 24.1 Å². The maximum Gasteiger partial charge on any atom is 0.246 e. The van der Waals surface area contributed by atoms with Gasteiger partial charge in [0.1, 0.15) is 0 Å². The highest BCUT2D eigenvalue weighted by Gasteiger charge is 2.25. The van der Waals surface area contributed by atoms with Crippen LogP contribution in [0.5, 0.6) is 0 Å². The highest BCUT2D eigenvalue weighted by Crippen LogP contribution is 2.33. The van der Waals surface area contributed by atoms with Gasteiger partial charge in [-0.3, -0.25) is 4.79 Å². The fraction of sp³-hybridized carbons (Fsp3) is 0.333. The highest BCUT2D eigenvalue weighted by atomic mass is 16.2. The number of nitrogens with zero attached hydrogens (tertiary/aromatic N) is 3. The fourth-order valence-electron chi connectivity index (χ4n) is 1.90. The Bertz CT molecular complexity index is 476. The van der Waals surface area contributed by atoms with Gasteiger partial charge in [-0.05, 0) is 25.1 Å². The van der Waals surface area contributed by atoms with Crippen molar-refractivity contribution in [3.63, 3.8) is 0 Å². The molecule has 1 aliphatic heterocycles. The lowest BCUT2D eigenvalue weighted by atomic mass is 10.1. The second-order valence-electron chi connectivity index (χ2n) is 3.78. The molecule has 0 fully saturated rings. The Morgan fingerprint density at radius 2 is 2.19 bits per heavy atom. The molecule has 82 valence electrons. The van der Waals surface area contributed by atoms with Gasteiger partial charge in [0.25, 0.3) is 0 Å². The lowest BCUT2D eigenvalue weighted by molar-refractivity contribution is -0.117. The second-order valence-corrected chi connectivity index (χ2v) is 3.78. The van der Waals surface area contributed by atoms with Crippen LogP contribution in [0.15, 0.2) is 18.2 Å². The molecule has 1 aromatic rings. The third kappa shape index (κ3) is 1.50. The van der Waals surface area contributed by atoms with Gasteiger partial charge in [-0.15, -0.1) is 0 Å². The summed E-state index contributed by atoms with van der Waals surface area (Å²) in [5, 5.41) is 8.85. The Morgan fingerprint density at radius 3 is 2.81 bits per heavy atom. The van der Waals surface area contributed by atoms with Gasteiger partial charge in [-0.2, -0.15) is 5.26 Å². The number of anilines is 2. The minimum absolute atomic E-state index is 0.0597. The average Bonchev–Trinajstić information content (AvgIpc) is 2.33. The molecule has 0 atom stereocenters. The molecule has 0 saturated carbocycles. The average molecular weight is 215 g/mol. The molecule has 0 aliphatic carbocycles. The summed E-state index contributed by atoms with van der Waals surface area (Å²) in [6, 6.07) is 7.53. The van der Waals surface area contributed by atoms with Crippen LogP contribution in [0, 0.1) is 11.3 Å². The molecule has 1 amide bonds. The van der Waals surface area contributed by atoms with Crippen LogP contribution in [-0.2, 0) is 4.79 Å². The van der Waals surface area contributed by atoms with Gasteiger partial charge in [-0.1, -0.05) is 0 Å². The Labute approximate surface area is 94.7 Å². The number of nitriles is 1. The first-order valence-electron chi connectivity index (χ1n) is 5.23. The van der Waals surface area contributed by atoms with Gasteiger partial charge in [0, 0.05) is 13.6 Å². The molecule has 0 N–H and O–H groups in total. The van der Waals surface area contributed by atoms with E-state index in [9.17, 15) is 4.79 Å². The number of benzene rings is 1. The molecule has 0 spiro atoms. The molecular formula is C12H13N3O. The van der Waals surface area contributed by atoms with Gasteiger partial charge in [0.15, 0.2) is 0 Å². The third-order valence-electron chi connectivity index (χ3n) is 2.89. The number of rotatable bonds is 1. The van der Waals surface area contributed by atoms with E-state index >= 15 is 0 Å². The molecule has 0 bridgehead atoms. The van der Waals surface area contributed by atoms with E-state index < -0.39 is 0 Å². The molecule has 0 radical (unpaired) electrons. The van der Waals surface area contributed by atoms with E-state index in [0.29, 0.717) is 12.1 Å². The molecule has 4 nitrogen and oxygen atoms in total. The number of likely N-dealkylation sites (N-methyl/N-ethyl adjacent to an activating group) is 2. The smallest absolute Gasteiger partial charge is 0.246 e. The van der Waals surface area contributed by atoms with Crippen LogP contribution in [0.2, 0.25) is 0 Å². The first-order chi connectivity index (χ1) is 7.67. The largest absolute Gasteiger partial charge is 0.361 e. The van der Waals surface area contributed by atoms with Crippen molar-refractivity contribution >= 4 is 17.3 Å². The van der Waals surface area contributed by atoms with Crippen LogP contribution in [0.3, 0.4) is 0 Å². The van der Waals surface area contributed by atoms with Crippen molar-refractivity contribution in [2.45, 2.75) is 6.92 Å². The number of amides is 1. The van der Waals surface area contributed by atoms with Crippen molar-refractivity contribution in [2.75, 3.05) is 29.9 Å². The molecule has 1 aliphatic rings. The van der Waals surface area contributed by atoms with Crippen LogP contribution in [0.1, 0.15) is 12.5 Å². The van der Waals surface area contributed by atoms with Crippen molar-refractivity contribution in [3.05, 3.63) is 23.8 Å². The normalized spacial score (nSPS) is 14.7. The summed E-state index contributed by atoms with van der Waals surface area (Å²) >= 11 is 0. The fourth-order valence-corrected chi connectivity index (χ4v) is 1.90. The number of hydrogen-bond donors (Lipinski definition) is 0. The van der Waals surface area contributed by atoms with Gasteiger partial charge in [-0.25, -0.2) is 0 Å². The van der Waals surface area contributed by atoms with E-state index in [4.69, 9.17) is 5.26 Å². The topological polar surface area (TPSA) is 47.3 Å². The molecule has 4 heteroatoms. The van der Waals surface area contributed by atoms with Gasteiger partial charge in [0.05, 0.1) is 29.6 Å². The van der Waals surface area contributed by atoms with Crippen LogP contribution in [0.4, 0.5) is 11.4 Å². The zero-order valence-corrected chi connectivity index (χ0v) is 9.40. The Morgan fingerprint density at radius 1 is 1.44 bits per heavy atom. The Kier molecular flexibility index (Phi) is 2.53. The molecule has 1 heterocycles. The van der Waals surface area contributed by atoms with Gasteiger partial charge >= 0.3 is 0 Å². The van der Waals surface area contributed by atoms with Gasteiger partial charge < -0.3 is 9.80 Å². The minimum Gasteiger partial charge on any atom is -0.361 e. The molecule has 1 aromatic carbocycles. The van der Waals surface area contributed by atoms with Crippen LogP contribution in [-0.4, -0.2) is 26.0 Å². The first-order valence-corrected chi connectivity index (χ1v) is 5.23. The SMILES string of the molecule is CCN1CC(=O)N(C)c2cc(C#N)ccc21. The van der Waals surface area contributed by atoms with E-state index in [-0.39, 0.29) is 5.91 Å². The van der Waals surface area contributed by atoms with E-state index in [2.05, 4.69) is 6.07 Å². The maximum absolute atomic E-state index is 11.7. The van der Waals surface area contributed by atoms with Crippen LogP contribution < -0.4 is 9.80 Å². The van der Waals surface area contributed by atoms with Crippen LogP contribution >= 0.6 is 0 Å². The van der Waals surface area contributed by atoms with Crippen molar-refractivity contribution in [1.29, 1.82) is 5.26 Å². The zero-order chi connectivity index (χ0) is 11.7. The molecule has 0 saturated heterocycles. The monoisotopic (exact) mass is 215 g/mol. The molecule has 0 unspecified atom stereocenters. The standard InChI is InChI=1S/C12H13N3O/c1-3-15-8-12(16)14(2)11-6-9(7-13)4-5-10(11)15/h4-6H,3,8H2,1-2H3. The highest BCUT2D eigenvalue weighted by molar-refractivity contribution is 6.02. The summed E-state index contributed by atoms with van der Waals surface area (Å²) in [6.45, 7) is 3.21. The van der Waals surface area contributed by atoms with Crippen molar-refractivity contribution in [3.8, 4) is 6.07 Å². The summed E-state index contributed by atoms with van der Waals surface area (Å²) in [6.07, 6.45) is 0. The summed E-state index contributed by atoms with van der Waals surface area (Å²) in [7, 11) is 1.75. The predicted molar refractivity (Wildman–Crippen MR) is 62.5 cm³/mol. The molecule has 2 rings (SSSR count). The predicted octanol–water partition coefficient (Wildman–Crippen LogP) is 1.36. The lowest BCUT2D eigenvalue weighted by Gasteiger charge is -2.34. The van der Waals surface area contributed by atoms with E-state index in [0.717, 1.165) is 17.9 Å². The van der Waals surface area contributed by atoms with E-state index in [1.165, 1.54) is 0 Å². The summed E-state index contributed by atoms with van der Waals surface area (Å²) in [4.78, 5) is 15.4. The van der Waals surface area contributed by atoms with Crippen molar-refractivity contribution < 1.29 is 4.79 Å². The minimum atomic E-state index is 0.0597. The number of hydrogen-bond acceptors (Lipinski definition) is 3. The second kappa shape index (κ2) is 3.86. The Hall–Kier alpha value is -2.02. The number of fused-ring (bicyclic) bond motifs is 1. The maximum atomic E-state index is 11.7. The lowest BCUT2D eigenvalue weighted by Crippen LogP contribution is -2.43. The number of carbonyl (C=O) groups is 1. The van der Waals surface area contributed by atoms with E-state index in [1.807, 2.05) is 17.9 Å². The summed E-state index contributed by atoms with van der Waals surface area (Å²) in [5.74, 6) is 0.0597. The third-order valence-corrected chi connectivity index (χ3v) is 2.89. The quantitative estimate of drug-likeness (QED) is 0.710. The molecule has 16 heavy (non-hydrogen) atoms. The first kappa shape index (κ1) is 10.5. The zero-order valence-electron chi connectivity index (χ0n) is 9.40. The van der Waals surface area contributed by atoms with Crippen molar-refractivity contribution in [1.82, 2.24) is 0 Å². The van der Waals surface area contributed by atoms with Crippen LogP contribution in [0.25, 0.3) is 0 Å². The molecule has 0 aromatic heterocycles. The summed E-state index contributed by atoms with van der Waals surface area (Å²) in [5.41, 5.74) is 2.41. The number of carbonyl (C=O) groups excluding carboxylic acids is 1. The van der Waals surface area contributed by atoms with Crippen molar-refractivity contribution in [2.24, 2.45) is 0 Å². The van der Waals surface area contributed by atoms with Gasteiger partial charge in [0.2, 0.25) is 5.91 Å². The Balaban J connectivity index is 2.55. The summed E-state index contributed by atoms with van der Waals surface area (Å²) < 4.78 is 0. The molecular weight excluding hydrogens is 202 g/mol.